The highest BCUT2D eigenvalue weighted by Crippen LogP contribution is 2.29. The zero-order chi connectivity index (χ0) is 17.3. The highest BCUT2D eigenvalue weighted by molar-refractivity contribution is 5.18. The molecule has 0 aliphatic heterocycles. The molecule has 0 saturated heterocycles. The molecule has 2 aromatic carbocycles. The molecule has 0 spiro atoms. The van der Waals surface area contributed by atoms with E-state index >= 15 is 0 Å². The van der Waals surface area contributed by atoms with Gasteiger partial charge in [-0.15, -0.1) is 0 Å². The van der Waals surface area contributed by atoms with Crippen LogP contribution in [0.5, 0.6) is 0 Å². The Morgan fingerprint density at radius 1 is 0.833 bits per heavy atom. The second kappa shape index (κ2) is 9.61. The van der Waals surface area contributed by atoms with Gasteiger partial charge in [-0.1, -0.05) is 87.4 Å². The van der Waals surface area contributed by atoms with Crippen LogP contribution in [-0.4, -0.2) is 17.0 Å². The Balaban J connectivity index is 2.28. The zero-order valence-electron chi connectivity index (χ0n) is 15.2. The van der Waals surface area contributed by atoms with Crippen molar-refractivity contribution in [1.82, 2.24) is 4.90 Å². The van der Waals surface area contributed by atoms with E-state index in [1.807, 2.05) is 0 Å². The average molecular weight is 325 g/mol. The number of nitrogens with zero attached hydrogens (tertiary/aromatic N) is 1. The van der Waals surface area contributed by atoms with E-state index in [9.17, 15) is 0 Å². The van der Waals surface area contributed by atoms with E-state index in [-0.39, 0.29) is 5.54 Å². The maximum absolute atomic E-state index is 6.33. The Bertz CT molecular complexity index is 520. The van der Waals surface area contributed by atoms with Crippen molar-refractivity contribution in [1.29, 1.82) is 0 Å². The van der Waals surface area contributed by atoms with Crippen LogP contribution in [0, 0.1) is 0 Å². The van der Waals surface area contributed by atoms with Crippen LogP contribution in [0.25, 0.3) is 0 Å². The van der Waals surface area contributed by atoms with Crippen molar-refractivity contribution in [2.75, 3.05) is 6.54 Å². The predicted octanol–water partition coefficient (Wildman–Crippen LogP) is 4.99. The Labute approximate surface area is 147 Å². The normalized spacial score (nSPS) is 13.8. The van der Waals surface area contributed by atoms with Crippen LogP contribution in [-0.2, 0) is 13.1 Å². The lowest BCUT2D eigenvalue weighted by Gasteiger charge is -2.43. The largest absolute Gasteiger partial charge is 0.329 e. The van der Waals surface area contributed by atoms with Crippen molar-refractivity contribution in [2.45, 2.75) is 58.2 Å². The van der Waals surface area contributed by atoms with E-state index in [0.717, 1.165) is 25.9 Å². The first kappa shape index (κ1) is 18.7. The van der Waals surface area contributed by atoms with Crippen LogP contribution < -0.4 is 5.73 Å². The molecule has 2 aromatic rings. The molecule has 2 N–H and O–H groups in total. The highest BCUT2D eigenvalue weighted by Gasteiger charge is 2.33. The minimum absolute atomic E-state index is 0.0711. The molecule has 2 rings (SSSR count). The Morgan fingerprint density at radius 3 is 1.71 bits per heavy atom. The van der Waals surface area contributed by atoms with Crippen LogP contribution >= 0.6 is 0 Å². The summed E-state index contributed by atoms with van der Waals surface area (Å²) in [7, 11) is 0. The van der Waals surface area contributed by atoms with Gasteiger partial charge in [0.05, 0.1) is 0 Å². The first-order valence-corrected chi connectivity index (χ1v) is 9.27. The molecule has 0 radical (unpaired) electrons. The SMILES string of the molecule is CCCCC(CC)(CN)N(Cc1ccccc1)Cc1ccccc1. The first-order valence-electron chi connectivity index (χ1n) is 9.27. The molecule has 0 saturated carbocycles. The summed E-state index contributed by atoms with van der Waals surface area (Å²) in [5.41, 5.74) is 9.11. The van der Waals surface area contributed by atoms with Crippen LogP contribution in [0.3, 0.4) is 0 Å². The predicted molar refractivity (Wildman–Crippen MR) is 104 cm³/mol. The van der Waals surface area contributed by atoms with E-state index in [2.05, 4.69) is 79.4 Å². The summed E-state index contributed by atoms with van der Waals surface area (Å²) < 4.78 is 0. The van der Waals surface area contributed by atoms with Crippen molar-refractivity contribution in [2.24, 2.45) is 5.73 Å². The third-order valence-corrected chi connectivity index (χ3v) is 5.14. The molecular formula is C22H32N2. The second-order valence-corrected chi connectivity index (χ2v) is 6.71. The zero-order valence-corrected chi connectivity index (χ0v) is 15.2. The standard InChI is InChI=1S/C22H32N2/c1-3-5-16-22(4-2,19-23)24(17-20-12-8-6-9-13-20)18-21-14-10-7-11-15-21/h6-15H,3-5,16-19,23H2,1-2H3. The van der Waals surface area contributed by atoms with Gasteiger partial charge < -0.3 is 5.73 Å². The molecule has 0 aliphatic carbocycles. The van der Waals surface area contributed by atoms with Gasteiger partial charge in [0.15, 0.2) is 0 Å². The van der Waals surface area contributed by atoms with Crippen molar-refractivity contribution in [3.63, 3.8) is 0 Å². The van der Waals surface area contributed by atoms with Crippen molar-refractivity contribution in [3.8, 4) is 0 Å². The Hall–Kier alpha value is -1.64. The minimum Gasteiger partial charge on any atom is -0.329 e. The number of hydrogen-bond acceptors (Lipinski definition) is 2. The molecular weight excluding hydrogens is 292 g/mol. The van der Waals surface area contributed by atoms with Gasteiger partial charge in [0, 0.05) is 25.2 Å². The lowest BCUT2D eigenvalue weighted by atomic mass is 9.86. The molecule has 1 atom stereocenters. The summed E-state index contributed by atoms with van der Waals surface area (Å²) in [6.45, 7) is 7.15. The lowest BCUT2D eigenvalue weighted by Crippen LogP contribution is -2.52. The Kier molecular flexibility index (Phi) is 7.48. The van der Waals surface area contributed by atoms with Crippen molar-refractivity contribution < 1.29 is 0 Å². The van der Waals surface area contributed by atoms with E-state index in [1.165, 1.54) is 24.0 Å². The maximum atomic E-state index is 6.33. The molecule has 0 aromatic heterocycles. The van der Waals surface area contributed by atoms with Crippen LogP contribution in [0.1, 0.15) is 50.7 Å². The first-order chi connectivity index (χ1) is 11.7. The molecule has 0 bridgehead atoms. The number of rotatable bonds is 10. The maximum Gasteiger partial charge on any atom is 0.0336 e. The van der Waals surface area contributed by atoms with Gasteiger partial charge >= 0.3 is 0 Å². The van der Waals surface area contributed by atoms with Gasteiger partial charge in [0.25, 0.3) is 0 Å². The smallest absolute Gasteiger partial charge is 0.0336 e. The van der Waals surface area contributed by atoms with E-state index < -0.39 is 0 Å². The Morgan fingerprint density at radius 2 is 1.33 bits per heavy atom. The van der Waals surface area contributed by atoms with Gasteiger partial charge in [-0.3, -0.25) is 4.90 Å². The molecule has 0 fully saturated rings. The molecule has 130 valence electrons. The van der Waals surface area contributed by atoms with Gasteiger partial charge in [-0.25, -0.2) is 0 Å². The monoisotopic (exact) mass is 324 g/mol. The van der Waals surface area contributed by atoms with Crippen molar-refractivity contribution in [3.05, 3.63) is 71.8 Å². The summed E-state index contributed by atoms with van der Waals surface area (Å²) in [6.07, 6.45) is 4.69. The van der Waals surface area contributed by atoms with E-state index in [0.29, 0.717) is 6.54 Å². The van der Waals surface area contributed by atoms with Gasteiger partial charge in [-0.2, -0.15) is 0 Å². The van der Waals surface area contributed by atoms with E-state index in [1.54, 1.807) is 0 Å². The summed E-state index contributed by atoms with van der Waals surface area (Å²) in [5, 5.41) is 0. The highest BCUT2D eigenvalue weighted by atomic mass is 15.2. The van der Waals surface area contributed by atoms with Gasteiger partial charge in [-0.05, 0) is 24.0 Å². The van der Waals surface area contributed by atoms with Crippen molar-refractivity contribution >= 4 is 0 Å². The number of unbranched alkanes of at least 4 members (excludes halogenated alkanes) is 1. The number of nitrogens with two attached hydrogens (primary N) is 1. The molecule has 1 unspecified atom stereocenters. The molecule has 2 nitrogen and oxygen atoms in total. The van der Waals surface area contributed by atoms with Gasteiger partial charge in [0.2, 0.25) is 0 Å². The fourth-order valence-corrected chi connectivity index (χ4v) is 3.44. The van der Waals surface area contributed by atoms with Crippen LogP contribution in [0.4, 0.5) is 0 Å². The molecule has 0 aliphatic rings. The van der Waals surface area contributed by atoms with Crippen LogP contribution in [0.15, 0.2) is 60.7 Å². The number of benzene rings is 2. The summed E-state index contributed by atoms with van der Waals surface area (Å²) in [4.78, 5) is 2.60. The second-order valence-electron chi connectivity index (χ2n) is 6.71. The minimum atomic E-state index is 0.0711. The summed E-state index contributed by atoms with van der Waals surface area (Å²) in [5.74, 6) is 0. The topological polar surface area (TPSA) is 29.3 Å². The lowest BCUT2D eigenvalue weighted by molar-refractivity contribution is 0.0619. The fourth-order valence-electron chi connectivity index (χ4n) is 3.44. The third-order valence-electron chi connectivity index (χ3n) is 5.14. The molecule has 2 heteroatoms. The molecule has 0 amide bonds. The third kappa shape index (κ3) is 4.93. The van der Waals surface area contributed by atoms with Gasteiger partial charge in [0.1, 0.15) is 0 Å². The summed E-state index contributed by atoms with van der Waals surface area (Å²) >= 11 is 0. The van der Waals surface area contributed by atoms with E-state index in [4.69, 9.17) is 5.73 Å². The summed E-state index contributed by atoms with van der Waals surface area (Å²) in [6, 6.07) is 21.5. The average Bonchev–Trinajstić information content (AvgIpc) is 2.64. The molecule has 0 heterocycles. The molecule has 24 heavy (non-hydrogen) atoms. The number of hydrogen-bond donors (Lipinski definition) is 1. The fraction of sp³-hybridized carbons (Fsp3) is 0.455. The van der Waals surface area contributed by atoms with Crippen LogP contribution in [0.2, 0.25) is 0 Å². The quantitative estimate of drug-likeness (QED) is 0.667.